The van der Waals surface area contributed by atoms with Crippen molar-refractivity contribution >= 4 is 24.0 Å². The lowest BCUT2D eigenvalue weighted by atomic mass is 10.1. The van der Waals surface area contributed by atoms with Crippen LogP contribution < -0.4 is 5.48 Å². The van der Waals surface area contributed by atoms with Crippen LogP contribution in [0.5, 0.6) is 0 Å². The van der Waals surface area contributed by atoms with Gasteiger partial charge in [0, 0.05) is 6.54 Å². The zero-order valence-corrected chi connectivity index (χ0v) is 12.6. The molecule has 3 nitrogen and oxygen atoms in total. The number of hydroxylamine groups is 1. The molecule has 0 saturated carbocycles. The van der Waals surface area contributed by atoms with Crippen molar-refractivity contribution in [1.29, 1.82) is 0 Å². The first-order chi connectivity index (χ1) is 7.16. The first-order valence-corrected chi connectivity index (χ1v) is 5.18. The van der Waals surface area contributed by atoms with Crippen LogP contribution in [0.2, 0.25) is 0 Å². The highest BCUT2D eigenvalue weighted by Gasteiger charge is 1.89. The summed E-state index contributed by atoms with van der Waals surface area (Å²) in [5, 5.41) is 8.29. The average molecular weight is 338 g/mol. The summed E-state index contributed by atoms with van der Waals surface area (Å²) in [6.45, 7) is 0.662. The number of nitrogens with zero attached hydrogens (tertiary/aromatic N) is 1. The monoisotopic (exact) mass is 338 g/mol. The minimum atomic E-state index is 0. The van der Waals surface area contributed by atoms with Crippen molar-refractivity contribution in [2.45, 2.75) is 12.8 Å². The molecular formula is C12H23IN2O. The first kappa shape index (κ1) is 18.2. The van der Waals surface area contributed by atoms with E-state index in [0.29, 0.717) is 6.54 Å². The quantitative estimate of drug-likeness (QED) is 0.503. The molecule has 0 aliphatic rings. The van der Waals surface area contributed by atoms with Gasteiger partial charge in [0.05, 0.1) is 0 Å². The van der Waals surface area contributed by atoms with Gasteiger partial charge in [-0.05, 0) is 39.5 Å². The summed E-state index contributed by atoms with van der Waals surface area (Å²) in [6, 6.07) is 10.3. The minimum Gasteiger partial charge on any atom is -0.317 e. The molecule has 0 amide bonds. The van der Waals surface area contributed by atoms with Gasteiger partial charge in [-0.3, -0.25) is 0 Å². The maximum absolute atomic E-state index is 8.29. The number of rotatable bonds is 4. The van der Waals surface area contributed by atoms with E-state index in [1.807, 2.05) is 44.2 Å². The Morgan fingerprint density at radius 2 is 1.62 bits per heavy atom. The van der Waals surface area contributed by atoms with Gasteiger partial charge in [-0.1, -0.05) is 30.3 Å². The molecule has 0 aliphatic carbocycles. The Balaban J connectivity index is 0. The van der Waals surface area contributed by atoms with E-state index < -0.39 is 0 Å². The fourth-order valence-corrected chi connectivity index (χ4v) is 1.02. The largest absolute Gasteiger partial charge is 0.317 e. The van der Waals surface area contributed by atoms with Gasteiger partial charge < -0.3 is 10.1 Å². The molecule has 1 rings (SSSR count). The van der Waals surface area contributed by atoms with Crippen molar-refractivity contribution < 1.29 is 5.21 Å². The van der Waals surface area contributed by atoms with E-state index in [1.54, 1.807) is 0 Å². The van der Waals surface area contributed by atoms with Crippen LogP contribution in [0.3, 0.4) is 0 Å². The zero-order chi connectivity index (χ0) is 11.5. The number of halogens is 1. The van der Waals surface area contributed by atoms with Crippen molar-refractivity contribution in [3.05, 3.63) is 35.9 Å². The molecule has 2 N–H and O–H groups in total. The minimum absolute atomic E-state index is 0. The highest BCUT2D eigenvalue weighted by Crippen LogP contribution is 2.00. The summed E-state index contributed by atoms with van der Waals surface area (Å²) in [7, 11) is 6.00. The van der Waals surface area contributed by atoms with Crippen LogP contribution >= 0.6 is 24.0 Å². The highest BCUT2D eigenvalue weighted by atomic mass is 127. The predicted molar refractivity (Wildman–Crippen MR) is 79.6 cm³/mol. The van der Waals surface area contributed by atoms with Gasteiger partial charge in [-0.25, -0.2) is 5.48 Å². The Hall–Kier alpha value is -0.170. The molecule has 4 heteroatoms. The maximum Gasteiger partial charge on any atom is 0.0210 e. The van der Waals surface area contributed by atoms with Crippen LogP contribution in [0.25, 0.3) is 0 Å². The molecule has 0 bridgehead atoms. The van der Waals surface area contributed by atoms with Crippen LogP contribution in [0.4, 0.5) is 0 Å². The molecule has 0 heterocycles. The fraction of sp³-hybridized carbons (Fsp3) is 0.500. The zero-order valence-electron chi connectivity index (χ0n) is 10.3. The number of aryl methyl sites for hydroxylation is 1. The molecule has 0 atom stereocenters. The molecule has 1 aromatic carbocycles. The van der Waals surface area contributed by atoms with Crippen molar-refractivity contribution in [2.75, 3.05) is 27.7 Å². The van der Waals surface area contributed by atoms with Gasteiger partial charge in [0.15, 0.2) is 0 Å². The van der Waals surface area contributed by atoms with Crippen LogP contribution in [0.1, 0.15) is 12.0 Å². The Kier molecular flexibility index (Phi) is 14.7. The van der Waals surface area contributed by atoms with Crippen molar-refractivity contribution in [1.82, 2.24) is 10.4 Å². The van der Waals surface area contributed by atoms with Crippen LogP contribution in [0, 0.1) is 0 Å². The molecule has 1 aromatic rings. The van der Waals surface area contributed by atoms with E-state index in [1.165, 1.54) is 5.56 Å². The van der Waals surface area contributed by atoms with Crippen LogP contribution in [0.15, 0.2) is 30.3 Å². The molecule has 16 heavy (non-hydrogen) atoms. The van der Waals surface area contributed by atoms with E-state index in [2.05, 4.69) is 17.6 Å². The Morgan fingerprint density at radius 1 is 1.12 bits per heavy atom. The molecule has 94 valence electrons. The predicted octanol–water partition coefficient (Wildman–Crippen LogP) is 2.39. The van der Waals surface area contributed by atoms with E-state index in [4.69, 9.17) is 5.21 Å². The van der Waals surface area contributed by atoms with E-state index >= 15 is 0 Å². The van der Waals surface area contributed by atoms with E-state index in [9.17, 15) is 0 Å². The average Bonchev–Trinajstić information content (AvgIpc) is 2.19. The van der Waals surface area contributed by atoms with E-state index in [0.717, 1.165) is 12.8 Å². The topological polar surface area (TPSA) is 35.5 Å². The van der Waals surface area contributed by atoms with Crippen molar-refractivity contribution in [2.24, 2.45) is 0 Å². The number of nitrogens with one attached hydrogen (secondary N) is 1. The van der Waals surface area contributed by atoms with Gasteiger partial charge >= 0.3 is 0 Å². The molecule has 0 unspecified atom stereocenters. The molecule has 0 radical (unpaired) electrons. The lowest BCUT2D eigenvalue weighted by molar-refractivity contribution is 0.166. The molecule has 0 aromatic heterocycles. The summed E-state index contributed by atoms with van der Waals surface area (Å²) in [6.07, 6.45) is 1.99. The molecular weight excluding hydrogens is 315 g/mol. The van der Waals surface area contributed by atoms with Gasteiger partial charge in [0.25, 0.3) is 0 Å². The third kappa shape index (κ3) is 13.8. The maximum atomic E-state index is 8.29. The third-order valence-electron chi connectivity index (χ3n) is 1.60. The molecule has 0 aliphatic heterocycles. The van der Waals surface area contributed by atoms with E-state index in [-0.39, 0.29) is 24.0 Å². The van der Waals surface area contributed by atoms with Crippen LogP contribution in [-0.2, 0) is 6.42 Å². The lowest BCUT2D eigenvalue weighted by Gasteiger charge is -1.98. The number of benzene rings is 1. The standard InChI is InChI=1S/C9H13NO.C3H9N.HI/c11-10-8-4-7-9-5-2-1-3-6-9;1-4(2)3;/h1-3,5-6,10-11H,4,7-8H2;1-3H3;1H. The second-order valence-electron chi connectivity index (χ2n) is 3.84. The highest BCUT2D eigenvalue weighted by molar-refractivity contribution is 14.0. The summed E-state index contributed by atoms with van der Waals surface area (Å²) >= 11 is 0. The Bertz CT molecular complexity index is 227. The second kappa shape index (κ2) is 12.9. The first-order valence-electron chi connectivity index (χ1n) is 5.18. The van der Waals surface area contributed by atoms with Crippen molar-refractivity contribution in [3.63, 3.8) is 0 Å². The number of hydrogen-bond donors (Lipinski definition) is 2. The van der Waals surface area contributed by atoms with Gasteiger partial charge in [-0.15, -0.1) is 24.0 Å². The smallest absolute Gasteiger partial charge is 0.0210 e. The summed E-state index contributed by atoms with van der Waals surface area (Å²) < 4.78 is 0. The molecule has 0 saturated heterocycles. The van der Waals surface area contributed by atoms with Crippen LogP contribution in [-0.4, -0.2) is 37.8 Å². The SMILES string of the molecule is CN(C)C.I.ONCCCc1ccccc1. The summed E-state index contributed by atoms with van der Waals surface area (Å²) in [5.41, 5.74) is 3.46. The lowest BCUT2D eigenvalue weighted by Crippen LogP contribution is -2.09. The summed E-state index contributed by atoms with van der Waals surface area (Å²) in [5.74, 6) is 0. The number of hydrogen-bond acceptors (Lipinski definition) is 3. The third-order valence-corrected chi connectivity index (χ3v) is 1.60. The molecule has 0 fully saturated rings. The fourth-order valence-electron chi connectivity index (χ4n) is 1.02. The summed E-state index contributed by atoms with van der Waals surface area (Å²) in [4.78, 5) is 2.00. The normalized spacial score (nSPS) is 9.06. The molecule has 0 spiro atoms. The van der Waals surface area contributed by atoms with Gasteiger partial charge in [0.1, 0.15) is 0 Å². The van der Waals surface area contributed by atoms with Gasteiger partial charge in [-0.2, -0.15) is 0 Å². The Labute approximate surface area is 116 Å². The Morgan fingerprint density at radius 3 is 2.06 bits per heavy atom. The van der Waals surface area contributed by atoms with Gasteiger partial charge in [0.2, 0.25) is 0 Å². The second-order valence-corrected chi connectivity index (χ2v) is 3.84. The van der Waals surface area contributed by atoms with Crippen molar-refractivity contribution in [3.8, 4) is 0 Å².